The Hall–Kier alpha value is -2.00. The van der Waals surface area contributed by atoms with Gasteiger partial charge in [0.05, 0.1) is 7.11 Å². The topological polar surface area (TPSA) is 41.5 Å². The van der Waals surface area contributed by atoms with E-state index < -0.39 is 0 Å². The maximum Gasteiger partial charge on any atom is 0.120 e. The van der Waals surface area contributed by atoms with Crippen molar-refractivity contribution in [1.82, 2.24) is 5.32 Å². The van der Waals surface area contributed by atoms with Gasteiger partial charge in [0.15, 0.2) is 0 Å². The summed E-state index contributed by atoms with van der Waals surface area (Å²) in [4.78, 5) is 0. The molecule has 106 valence electrons. The summed E-state index contributed by atoms with van der Waals surface area (Å²) < 4.78 is 5.23. The summed E-state index contributed by atoms with van der Waals surface area (Å²) in [7, 11) is 1.67. The Kier molecular flexibility index (Phi) is 4.64. The Morgan fingerprint density at radius 2 is 2.00 bits per heavy atom. The molecule has 1 atom stereocenters. The Bertz CT molecular complexity index is 581. The van der Waals surface area contributed by atoms with Gasteiger partial charge in [-0.3, -0.25) is 0 Å². The molecular weight excluding hydrogens is 250 g/mol. The van der Waals surface area contributed by atoms with Crippen LogP contribution in [0.4, 0.5) is 0 Å². The zero-order chi connectivity index (χ0) is 14.5. The Labute approximate surface area is 120 Å². The molecule has 0 bridgehead atoms. The van der Waals surface area contributed by atoms with E-state index in [0.29, 0.717) is 12.3 Å². The van der Waals surface area contributed by atoms with E-state index in [1.165, 1.54) is 0 Å². The molecule has 0 saturated carbocycles. The van der Waals surface area contributed by atoms with Gasteiger partial charge in [-0.2, -0.15) is 0 Å². The lowest BCUT2D eigenvalue weighted by molar-refractivity contribution is 0.413. The van der Waals surface area contributed by atoms with Crippen LogP contribution in [-0.4, -0.2) is 12.2 Å². The molecular formula is C17H21NO2. The molecule has 0 fully saturated rings. The molecule has 20 heavy (non-hydrogen) atoms. The normalized spacial score (nSPS) is 12.2. The molecule has 0 aromatic heterocycles. The number of nitrogens with one attached hydrogen (secondary N) is 1. The zero-order valence-corrected chi connectivity index (χ0v) is 12.2. The highest BCUT2D eigenvalue weighted by Gasteiger charge is 2.08. The summed E-state index contributed by atoms with van der Waals surface area (Å²) in [6.07, 6.45) is 0. The molecule has 0 heterocycles. The fourth-order valence-electron chi connectivity index (χ4n) is 2.15. The smallest absolute Gasteiger partial charge is 0.120 e. The van der Waals surface area contributed by atoms with Crippen molar-refractivity contribution in [2.24, 2.45) is 0 Å². The fourth-order valence-corrected chi connectivity index (χ4v) is 2.15. The van der Waals surface area contributed by atoms with E-state index >= 15 is 0 Å². The molecule has 2 aromatic rings. The van der Waals surface area contributed by atoms with Crippen molar-refractivity contribution in [2.45, 2.75) is 26.4 Å². The average molecular weight is 271 g/mol. The number of phenols is 1. The molecule has 0 aliphatic carbocycles. The van der Waals surface area contributed by atoms with Gasteiger partial charge in [0, 0.05) is 18.2 Å². The van der Waals surface area contributed by atoms with Crippen molar-refractivity contribution in [3.05, 3.63) is 59.2 Å². The van der Waals surface area contributed by atoms with E-state index in [2.05, 4.69) is 18.3 Å². The number of benzene rings is 2. The van der Waals surface area contributed by atoms with Crippen LogP contribution in [0.2, 0.25) is 0 Å². The van der Waals surface area contributed by atoms with Crippen LogP contribution in [-0.2, 0) is 6.54 Å². The molecule has 1 unspecified atom stereocenters. The highest BCUT2D eigenvalue weighted by atomic mass is 16.5. The van der Waals surface area contributed by atoms with Crippen LogP contribution in [0.1, 0.15) is 29.7 Å². The third-order valence-electron chi connectivity index (χ3n) is 3.43. The van der Waals surface area contributed by atoms with Crippen molar-refractivity contribution in [2.75, 3.05) is 7.11 Å². The first-order chi connectivity index (χ1) is 9.60. The predicted octanol–water partition coefficient (Wildman–Crippen LogP) is 3.56. The minimum atomic E-state index is 0.185. The Morgan fingerprint density at radius 1 is 1.20 bits per heavy atom. The number of phenolic OH excluding ortho intramolecular Hbond substituents is 1. The summed E-state index contributed by atoms with van der Waals surface area (Å²) >= 11 is 0. The van der Waals surface area contributed by atoms with Crippen molar-refractivity contribution in [3.63, 3.8) is 0 Å². The summed E-state index contributed by atoms with van der Waals surface area (Å²) in [5, 5.41) is 13.3. The van der Waals surface area contributed by atoms with E-state index in [-0.39, 0.29) is 6.04 Å². The largest absolute Gasteiger partial charge is 0.508 e. The molecule has 0 saturated heterocycles. The van der Waals surface area contributed by atoms with E-state index in [1.54, 1.807) is 13.2 Å². The lowest BCUT2D eigenvalue weighted by atomic mass is 10.1. The standard InChI is InChI=1S/C17H21NO2/c1-12-7-8-17(19)15(9-12)11-18-13(2)14-5-4-6-16(10-14)20-3/h4-10,13,18-19H,11H2,1-3H3. The highest BCUT2D eigenvalue weighted by molar-refractivity contribution is 5.36. The van der Waals surface area contributed by atoms with Gasteiger partial charge >= 0.3 is 0 Å². The van der Waals surface area contributed by atoms with Gasteiger partial charge in [0.1, 0.15) is 11.5 Å². The molecule has 3 heteroatoms. The maximum absolute atomic E-state index is 9.84. The molecule has 0 aliphatic heterocycles. The van der Waals surface area contributed by atoms with E-state index in [9.17, 15) is 5.11 Å². The van der Waals surface area contributed by atoms with E-state index in [0.717, 1.165) is 22.4 Å². The number of ether oxygens (including phenoxy) is 1. The van der Waals surface area contributed by atoms with Crippen LogP contribution in [0.5, 0.6) is 11.5 Å². The second kappa shape index (κ2) is 6.44. The Morgan fingerprint density at radius 3 is 2.75 bits per heavy atom. The van der Waals surface area contributed by atoms with Crippen LogP contribution in [0.25, 0.3) is 0 Å². The zero-order valence-electron chi connectivity index (χ0n) is 12.2. The van der Waals surface area contributed by atoms with Gasteiger partial charge < -0.3 is 15.2 Å². The van der Waals surface area contributed by atoms with Gasteiger partial charge in [-0.1, -0.05) is 29.8 Å². The maximum atomic E-state index is 9.84. The summed E-state index contributed by atoms with van der Waals surface area (Å²) in [6.45, 7) is 4.75. The summed E-state index contributed by atoms with van der Waals surface area (Å²) in [5.41, 5.74) is 3.23. The van der Waals surface area contributed by atoms with Crippen molar-refractivity contribution < 1.29 is 9.84 Å². The first-order valence-electron chi connectivity index (χ1n) is 6.76. The number of aromatic hydroxyl groups is 1. The average Bonchev–Trinajstić information content (AvgIpc) is 2.48. The Balaban J connectivity index is 2.04. The predicted molar refractivity (Wildman–Crippen MR) is 81.1 cm³/mol. The van der Waals surface area contributed by atoms with Crippen LogP contribution in [0.15, 0.2) is 42.5 Å². The number of aryl methyl sites for hydroxylation is 1. The van der Waals surface area contributed by atoms with Crippen molar-refractivity contribution in [1.29, 1.82) is 0 Å². The van der Waals surface area contributed by atoms with Gasteiger partial charge in [-0.25, -0.2) is 0 Å². The molecule has 2 N–H and O–H groups in total. The number of hydrogen-bond acceptors (Lipinski definition) is 3. The fraction of sp³-hybridized carbons (Fsp3) is 0.294. The quantitative estimate of drug-likeness (QED) is 0.873. The highest BCUT2D eigenvalue weighted by Crippen LogP contribution is 2.21. The van der Waals surface area contributed by atoms with Gasteiger partial charge in [-0.05, 0) is 37.6 Å². The van der Waals surface area contributed by atoms with Crippen LogP contribution in [0, 0.1) is 6.92 Å². The van der Waals surface area contributed by atoms with E-state index in [4.69, 9.17) is 4.74 Å². The first-order valence-corrected chi connectivity index (χ1v) is 6.76. The third kappa shape index (κ3) is 3.52. The minimum absolute atomic E-state index is 0.185. The van der Waals surface area contributed by atoms with Gasteiger partial charge in [0.25, 0.3) is 0 Å². The molecule has 2 aromatic carbocycles. The second-order valence-corrected chi connectivity index (χ2v) is 5.01. The minimum Gasteiger partial charge on any atom is -0.508 e. The second-order valence-electron chi connectivity index (χ2n) is 5.01. The van der Waals surface area contributed by atoms with Crippen LogP contribution >= 0.6 is 0 Å². The summed E-state index contributed by atoms with van der Waals surface area (Å²) in [5.74, 6) is 1.19. The number of hydrogen-bond donors (Lipinski definition) is 2. The van der Waals surface area contributed by atoms with Crippen molar-refractivity contribution in [3.8, 4) is 11.5 Å². The molecule has 0 aliphatic rings. The van der Waals surface area contributed by atoms with Crippen LogP contribution in [0.3, 0.4) is 0 Å². The first kappa shape index (κ1) is 14.4. The monoisotopic (exact) mass is 271 g/mol. The molecule has 3 nitrogen and oxygen atoms in total. The molecule has 0 spiro atoms. The van der Waals surface area contributed by atoms with Gasteiger partial charge in [0.2, 0.25) is 0 Å². The SMILES string of the molecule is COc1cccc(C(C)NCc2cc(C)ccc2O)c1. The number of rotatable bonds is 5. The third-order valence-corrected chi connectivity index (χ3v) is 3.43. The molecule has 0 radical (unpaired) electrons. The lowest BCUT2D eigenvalue weighted by Gasteiger charge is -2.16. The number of methoxy groups -OCH3 is 1. The van der Waals surface area contributed by atoms with Crippen LogP contribution < -0.4 is 10.1 Å². The molecule has 0 amide bonds. The molecule has 2 rings (SSSR count). The van der Waals surface area contributed by atoms with Gasteiger partial charge in [-0.15, -0.1) is 0 Å². The van der Waals surface area contributed by atoms with Crippen molar-refractivity contribution >= 4 is 0 Å². The van der Waals surface area contributed by atoms with E-state index in [1.807, 2.05) is 37.3 Å². The summed E-state index contributed by atoms with van der Waals surface area (Å²) in [6, 6.07) is 13.8. The lowest BCUT2D eigenvalue weighted by Crippen LogP contribution is -2.18.